The van der Waals surface area contributed by atoms with Crippen molar-refractivity contribution in [3.05, 3.63) is 11.8 Å². The zero-order valence-electron chi connectivity index (χ0n) is 12.8. The van der Waals surface area contributed by atoms with E-state index in [0.29, 0.717) is 13.1 Å². The third-order valence-corrected chi connectivity index (χ3v) is 3.04. The smallest absolute Gasteiger partial charge is 0.528 e. The van der Waals surface area contributed by atoms with Gasteiger partial charge >= 0.3 is 6.16 Å². The van der Waals surface area contributed by atoms with Gasteiger partial charge in [0.25, 0.3) is 0 Å². The second-order valence-electron chi connectivity index (χ2n) is 6.58. The Kier molecular flexibility index (Phi) is 5.03. The second kappa shape index (κ2) is 5.96. The number of ether oxygens (including phenoxy) is 1. The number of hydroxylamine groups is 2. The van der Waals surface area contributed by atoms with E-state index in [4.69, 9.17) is 14.0 Å². The summed E-state index contributed by atoms with van der Waals surface area (Å²) in [6.07, 6.45) is 2.06. The lowest BCUT2D eigenvalue weighted by Crippen LogP contribution is -2.36. The molecule has 1 aliphatic heterocycles. The predicted molar refractivity (Wildman–Crippen MR) is 76.0 cm³/mol. The third-order valence-electron chi connectivity index (χ3n) is 2.16. The van der Waals surface area contributed by atoms with Gasteiger partial charge in [-0.2, -0.15) is 0 Å². The molecule has 0 atom stereocenters. The van der Waals surface area contributed by atoms with E-state index in [1.807, 2.05) is 26.8 Å². The Balaban J connectivity index is 2.39. The van der Waals surface area contributed by atoms with Crippen LogP contribution in [0.2, 0.25) is 19.6 Å². The van der Waals surface area contributed by atoms with Crippen LogP contribution in [-0.2, 0) is 14.0 Å². The first kappa shape index (κ1) is 16.0. The maximum atomic E-state index is 11.5. The first-order chi connectivity index (χ1) is 8.55. The van der Waals surface area contributed by atoms with E-state index in [1.54, 1.807) is 5.06 Å². The average Bonchev–Trinajstić information content (AvgIpc) is 2.15. The van der Waals surface area contributed by atoms with Crippen molar-refractivity contribution >= 4 is 14.5 Å². The molecule has 0 radical (unpaired) electrons. The predicted octanol–water partition coefficient (Wildman–Crippen LogP) is 3.29. The highest BCUT2D eigenvalue weighted by Gasteiger charge is 2.24. The summed E-state index contributed by atoms with van der Waals surface area (Å²) in [4.78, 5) is 16.6. The molecule has 110 valence electrons. The molecule has 0 saturated carbocycles. The van der Waals surface area contributed by atoms with Gasteiger partial charge in [0.05, 0.1) is 12.3 Å². The maximum Gasteiger partial charge on any atom is 0.528 e. The van der Waals surface area contributed by atoms with Gasteiger partial charge in [-0.3, -0.25) is 0 Å². The molecule has 0 unspecified atom stereocenters. The van der Waals surface area contributed by atoms with Crippen LogP contribution in [-0.4, -0.2) is 38.2 Å². The Labute approximate surface area is 116 Å². The lowest BCUT2D eigenvalue weighted by atomic mass is 10.2. The minimum atomic E-state index is -1.55. The summed E-state index contributed by atoms with van der Waals surface area (Å²) in [5, 5.41) is 1.59. The molecule has 0 aromatic heterocycles. The summed E-state index contributed by atoms with van der Waals surface area (Å²) in [5.41, 5.74) is -0.533. The third kappa shape index (κ3) is 7.22. The molecule has 0 amide bonds. The number of carbonyl (C=O) groups excluding carboxylic acids is 1. The van der Waals surface area contributed by atoms with Gasteiger partial charge in [-0.1, -0.05) is 0 Å². The zero-order chi connectivity index (χ0) is 14.7. The molecule has 1 aliphatic rings. The van der Waals surface area contributed by atoms with Gasteiger partial charge in [0.2, 0.25) is 8.32 Å². The monoisotopic (exact) mass is 287 g/mol. The highest BCUT2D eigenvalue weighted by atomic mass is 28.4. The van der Waals surface area contributed by atoms with Crippen molar-refractivity contribution in [2.75, 3.05) is 13.1 Å². The van der Waals surface area contributed by atoms with E-state index in [2.05, 4.69) is 19.6 Å². The van der Waals surface area contributed by atoms with E-state index in [-0.39, 0.29) is 0 Å². The maximum absolute atomic E-state index is 11.5. The number of nitrogens with zero attached hydrogens (tertiary/aromatic N) is 1. The minimum absolute atomic E-state index is 0.533. The molecule has 0 spiro atoms. The molecule has 0 bridgehead atoms. The molecule has 5 nitrogen and oxygen atoms in total. The highest BCUT2D eigenvalue weighted by molar-refractivity contribution is 6.70. The van der Waals surface area contributed by atoms with Gasteiger partial charge in [0.1, 0.15) is 5.60 Å². The first-order valence-corrected chi connectivity index (χ1v) is 10.00. The Hall–Kier alpha value is -1.01. The second-order valence-corrected chi connectivity index (χ2v) is 11.0. The van der Waals surface area contributed by atoms with Crippen LogP contribution in [0.15, 0.2) is 11.8 Å². The van der Waals surface area contributed by atoms with E-state index < -0.39 is 20.1 Å². The summed E-state index contributed by atoms with van der Waals surface area (Å²) in [7, 11) is -1.55. The molecule has 0 saturated heterocycles. The molecule has 0 aliphatic carbocycles. The van der Waals surface area contributed by atoms with E-state index >= 15 is 0 Å². The van der Waals surface area contributed by atoms with Gasteiger partial charge < -0.3 is 14.0 Å². The fourth-order valence-electron chi connectivity index (χ4n) is 1.57. The normalized spacial score (nSPS) is 17.7. The van der Waals surface area contributed by atoms with Gasteiger partial charge in [0, 0.05) is 13.0 Å². The SMILES string of the molecule is CC(C)(C)OC(=O)ON1CC=C(O[Si](C)(C)C)CC1. The Morgan fingerprint density at radius 3 is 2.37 bits per heavy atom. The lowest BCUT2D eigenvalue weighted by molar-refractivity contribution is -0.139. The summed E-state index contributed by atoms with van der Waals surface area (Å²) >= 11 is 0. The average molecular weight is 287 g/mol. The zero-order valence-corrected chi connectivity index (χ0v) is 13.8. The van der Waals surface area contributed by atoms with Crippen molar-refractivity contribution in [3.63, 3.8) is 0 Å². The number of rotatable bonds is 3. The van der Waals surface area contributed by atoms with Crippen molar-refractivity contribution in [3.8, 4) is 0 Å². The number of hydrogen-bond acceptors (Lipinski definition) is 5. The Morgan fingerprint density at radius 1 is 1.32 bits per heavy atom. The van der Waals surface area contributed by atoms with E-state index in [9.17, 15) is 4.79 Å². The van der Waals surface area contributed by atoms with Crippen molar-refractivity contribution in [2.45, 2.75) is 52.4 Å². The molecule has 0 N–H and O–H groups in total. The lowest BCUT2D eigenvalue weighted by Gasteiger charge is -2.29. The molecule has 6 heteroatoms. The molecular weight excluding hydrogens is 262 g/mol. The summed E-state index contributed by atoms with van der Waals surface area (Å²) in [6.45, 7) is 13.1. The molecule has 1 heterocycles. The molecule has 0 aromatic rings. The van der Waals surface area contributed by atoms with Crippen LogP contribution >= 0.6 is 0 Å². The summed E-state index contributed by atoms with van der Waals surface area (Å²) < 4.78 is 11.0. The highest BCUT2D eigenvalue weighted by Crippen LogP contribution is 2.18. The van der Waals surface area contributed by atoms with Crippen LogP contribution in [0, 0.1) is 0 Å². The fraction of sp³-hybridized carbons (Fsp3) is 0.769. The van der Waals surface area contributed by atoms with E-state index in [0.717, 1.165) is 12.2 Å². The van der Waals surface area contributed by atoms with Crippen molar-refractivity contribution < 1.29 is 18.8 Å². The van der Waals surface area contributed by atoms with Gasteiger partial charge in [-0.25, -0.2) is 4.79 Å². The van der Waals surface area contributed by atoms with Crippen molar-refractivity contribution in [1.29, 1.82) is 0 Å². The molecule has 0 fully saturated rings. The Morgan fingerprint density at radius 2 is 1.95 bits per heavy atom. The van der Waals surface area contributed by atoms with Gasteiger partial charge in [-0.15, -0.1) is 5.06 Å². The minimum Gasteiger partial charge on any atom is -0.547 e. The van der Waals surface area contributed by atoms with Crippen LogP contribution in [0.3, 0.4) is 0 Å². The van der Waals surface area contributed by atoms with Crippen LogP contribution < -0.4 is 0 Å². The van der Waals surface area contributed by atoms with E-state index in [1.165, 1.54) is 0 Å². The van der Waals surface area contributed by atoms with Crippen LogP contribution in [0.4, 0.5) is 4.79 Å². The molecular formula is C13H25NO4Si. The number of carbonyl (C=O) groups is 1. The van der Waals surface area contributed by atoms with Gasteiger partial charge in [-0.05, 0) is 46.5 Å². The molecule has 0 aromatic carbocycles. The molecule has 1 rings (SSSR count). The van der Waals surface area contributed by atoms with Crippen molar-refractivity contribution in [2.24, 2.45) is 0 Å². The largest absolute Gasteiger partial charge is 0.547 e. The fourth-order valence-corrected chi connectivity index (χ4v) is 2.55. The van der Waals surface area contributed by atoms with Crippen molar-refractivity contribution in [1.82, 2.24) is 5.06 Å². The quantitative estimate of drug-likeness (QED) is 0.589. The standard InChI is InChI=1S/C13H25NO4Si/c1-13(2,3)16-12(15)17-14-9-7-11(8-10-14)18-19(4,5)6/h7H,8-10H2,1-6H3. The summed E-state index contributed by atoms with van der Waals surface area (Å²) in [5.74, 6) is 1.00. The van der Waals surface area contributed by atoms with Gasteiger partial charge in [0.15, 0.2) is 0 Å². The van der Waals surface area contributed by atoms with Crippen LogP contribution in [0.25, 0.3) is 0 Å². The first-order valence-electron chi connectivity index (χ1n) is 6.59. The summed E-state index contributed by atoms with van der Waals surface area (Å²) in [6, 6.07) is 0. The van der Waals surface area contributed by atoms with Crippen LogP contribution in [0.1, 0.15) is 27.2 Å². The number of hydrogen-bond donors (Lipinski definition) is 0. The van der Waals surface area contributed by atoms with Crippen LogP contribution in [0.5, 0.6) is 0 Å². The Bertz CT molecular complexity index is 355. The molecule has 19 heavy (non-hydrogen) atoms. The topological polar surface area (TPSA) is 48.0 Å².